The third-order valence-corrected chi connectivity index (χ3v) is 8.16. The molecule has 0 spiro atoms. The van der Waals surface area contributed by atoms with E-state index in [-0.39, 0.29) is 34.7 Å². The highest BCUT2D eigenvalue weighted by Gasteiger charge is 2.31. The maximum absolute atomic E-state index is 13.0. The number of nitro benzene ring substituents is 1. The Hall–Kier alpha value is -3.00. The van der Waals surface area contributed by atoms with E-state index in [2.05, 4.69) is 10.3 Å². The van der Waals surface area contributed by atoms with Crippen LogP contribution in [0.4, 0.5) is 11.4 Å². The lowest BCUT2D eigenvalue weighted by atomic mass is 10.1. The molecule has 4 rings (SSSR count). The van der Waals surface area contributed by atoms with E-state index in [1.807, 2.05) is 18.2 Å². The van der Waals surface area contributed by atoms with Crippen LogP contribution in [0, 0.1) is 10.1 Å². The number of sulfonamides is 2. The molecule has 1 fully saturated rings. The molecular weight excluding hydrogens is 458 g/mol. The third kappa shape index (κ3) is 4.32. The van der Waals surface area contributed by atoms with Crippen molar-refractivity contribution in [2.75, 3.05) is 18.4 Å². The molecular formula is C19H21N5O6S2. The van der Waals surface area contributed by atoms with Crippen LogP contribution in [0.2, 0.25) is 0 Å². The summed E-state index contributed by atoms with van der Waals surface area (Å²) in [6, 6.07) is 12.1. The van der Waals surface area contributed by atoms with Crippen LogP contribution < -0.4 is 10.5 Å². The molecule has 32 heavy (non-hydrogen) atoms. The van der Waals surface area contributed by atoms with Crippen LogP contribution >= 0.6 is 0 Å². The number of nitrogens with two attached hydrogens (primary N) is 1. The molecule has 3 aromatic rings. The molecule has 0 atom stereocenters. The van der Waals surface area contributed by atoms with E-state index < -0.39 is 30.7 Å². The van der Waals surface area contributed by atoms with Gasteiger partial charge in [-0.3, -0.25) is 10.1 Å². The Kier molecular flexibility index (Phi) is 5.67. The minimum Gasteiger partial charge on any atom is -0.377 e. The number of anilines is 1. The smallest absolute Gasteiger partial charge is 0.293 e. The van der Waals surface area contributed by atoms with Gasteiger partial charge in [0, 0.05) is 36.1 Å². The number of primary sulfonamides is 1. The van der Waals surface area contributed by atoms with E-state index in [1.165, 1.54) is 16.4 Å². The highest BCUT2D eigenvalue weighted by molar-refractivity contribution is 7.89. The van der Waals surface area contributed by atoms with Crippen LogP contribution in [0.1, 0.15) is 12.8 Å². The Bertz CT molecular complexity index is 1360. The molecule has 170 valence electrons. The van der Waals surface area contributed by atoms with E-state index in [4.69, 9.17) is 5.14 Å². The fourth-order valence-electron chi connectivity index (χ4n) is 3.75. The first-order valence-corrected chi connectivity index (χ1v) is 12.7. The molecule has 0 bridgehead atoms. The van der Waals surface area contributed by atoms with E-state index in [9.17, 15) is 26.9 Å². The van der Waals surface area contributed by atoms with Gasteiger partial charge in [-0.15, -0.1) is 0 Å². The number of H-pyrrole nitrogens is 1. The van der Waals surface area contributed by atoms with Gasteiger partial charge in [0.25, 0.3) is 15.7 Å². The van der Waals surface area contributed by atoms with Crippen molar-refractivity contribution in [3.8, 4) is 0 Å². The molecule has 1 aromatic heterocycles. The Morgan fingerprint density at radius 1 is 1.06 bits per heavy atom. The molecule has 13 heteroatoms. The van der Waals surface area contributed by atoms with E-state index in [0.29, 0.717) is 12.8 Å². The second-order valence-corrected chi connectivity index (χ2v) is 11.0. The summed E-state index contributed by atoms with van der Waals surface area (Å²) in [6.07, 6.45) is 0.848. The molecule has 0 amide bonds. The fourth-order valence-corrected chi connectivity index (χ4v) is 5.76. The first kappa shape index (κ1) is 22.2. The minimum atomic E-state index is -4.08. The van der Waals surface area contributed by atoms with Crippen LogP contribution in [-0.4, -0.2) is 50.2 Å². The van der Waals surface area contributed by atoms with Gasteiger partial charge in [0.1, 0.15) is 10.7 Å². The molecule has 0 radical (unpaired) electrons. The van der Waals surface area contributed by atoms with Crippen molar-refractivity contribution in [3.05, 3.63) is 58.6 Å². The largest absolute Gasteiger partial charge is 0.377 e. The van der Waals surface area contributed by atoms with Gasteiger partial charge in [0.2, 0.25) is 10.0 Å². The number of aromatic amines is 1. The van der Waals surface area contributed by atoms with Crippen LogP contribution in [0.3, 0.4) is 0 Å². The number of hydrogen-bond acceptors (Lipinski definition) is 7. The van der Waals surface area contributed by atoms with Crippen molar-refractivity contribution in [1.29, 1.82) is 0 Å². The first-order valence-electron chi connectivity index (χ1n) is 9.71. The Morgan fingerprint density at radius 2 is 1.75 bits per heavy atom. The number of para-hydroxylation sites is 1. The Balaban J connectivity index is 1.48. The first-order chi connectivity index (χ1) is 15.1. The summed E-state index contributed by atoms with van der Waals surface area (Å²) in [5.74, 6) is 0. The second kappa shape index (κ2) is 8.16. The van der Waals surface area contributed by atoms with E-state index in [1.54, 1.807) is 12.1 Å². The SMILES string of the molecule is NS(=O)(=O)c1ccc(NC2CCN(S(=O)(=O)c3cc4ccccc4[nH]3)CC2)c([N+](=O)[O-])c1. The summed E-state index contributed by atoms with van der Waals surface area (Å²) in [5.41, 5.74) is 0.474. The number of hydrogen-bond donors (Lipinski definition) is 3. The maximum atomic E-state index is 13.0. The van der Waals surface area contributed by atoms with Gasteiger partial charge in [-0.2, -0.15) is 4.31 Å². The number of benzene rings is 2. The molecule has 1 saturated heterocycles. The summed E-state index contributed by atoms with van der Waals surface area (Å²) < 4.78 is 50.4. The van der Waals surface area contributed by atoms with E-state index in [0.717, 1.165) is 17.0 Å². The third-order valence-electron chi connectivity index (χ3n) is 5.43. The molecule has 2 aromatic carbocycles. The monoisotopic (exact) mass is 479 g/mol. The zero-order chi connectivity index (χ0) is 23.1. The Morgan fingerprint density at radius 3 is 2.38 bits per heavy atom. The van der Waals surface area contributed by atoms with Gasteiger partial charge in [0.15, 0.2) is 0 Å². The van der Waals surface area contributed by atoms with Gasteiger partial charge in [-0.1, -0.05) is 18.2 Å². The standard InChI is InChI=1S/C19H21N5O6S2/c20-31(27,28)15-5-6-17(18(12-15)24(25)26)21-14-7-9-23(10-8-14)32(29,30)19-11-13-3-1-2-4-16(13)22-19/h1-6,11-12,14,21-22H,7-10H2,(H2,20,27,28). The molecule has 1 aliphatic rings. The van der Waals surface area contributed by atoms with Crippen LogP contribution in [0.25, 0.3) is 10.9 Å². The van der Waals surface area contributed by atoms with Crippen molar-refractivity contribution in [2.45, 2.75) is 28.8 Å². The summed E-state index contributed by atoms with van der Waals surface area (Å²) in [6.45, 7) is 0.469. The summed E-state index contributed by atoms with van der Waals surface area (Å²) >= 11 is 0. The topological polar surface area (TPSA) is 168 Å². The lowest BCUT2D eigenvalue weighted by molar-refractivity contribution is -0.384. The molecule has 2 heterocycles. The van der Waals surface area contributed by atoms with Crippen molar-refractivity contribution >= 4 is 42.3 Å². The van der Waals surface area contributed by atoms with Crippen molar-refractivity contribution in [1.82, 2.24) is 9.29 Å². The van der Waals surface area contributed by atoms with Crippen molar-refractivity contribution in [3.63, 3.8) is 0 Å². The molecule has 0 saturated carbocycles. The lowest BCUT2D eigenvalue weighted by Gasteiger charge is -2.31. The predicted octanol–water partition coefficient (Wildman–Crippen LogP) is 1.99. The zero-order valence-electron chi connectivity index (χ0n) is 16.8. The normalized spacial score (nSPS) is 16.3. The minimum absolute atomic E-state index is 0.124. The molecule has 0 aliphatic carbocycles. The summed E-state index contributed by atoms with van der Waals surface area (Å²) in [5, 5.41) is 20.4. The van der Waals surface area contributed by atoms with Crippen molar-refractivity contribution in [2.24, 2.45) is 5.14 Å². The van der Waals surface area contributed by atoms with Gasteiger partial charge in [-0.05, 0) is 37.1 Å². The number of nitrogens with one attached hydrogen (secondary N) is 2. The molecule has 4 N–H and O–H groups in total. The zero-order valence-corrected chi connectivity index (χ0v) is 18.4. The highest BCUT2D eigenvalue weighted by atomic mass is 32.2. The number of fused-ring (bicyclic) bond motifs is 1. The second-order valence-electron chi connectivity index (χ2n) is 7.52. The predicted molar refractivity (Wildman–Crippen MR) is 118 cm³/mol. The molecule has 1 aliphatic heterocycles. The van der Waals surface area contributed by atoms with Gasteiger partial charge < -0.3 is 10.3 Å². The molecule has 0 unspecified atom stereocenters. The number of nitrogens with zero attached hydrogens (tertiary/aromatic N) is 2. The number of piperidine rings is 1. The van der Waals surface area contributed by atoms with Gasteiger partial charge >= 0.3 is 0 Å². The summed E-state index contributed by atoms with van der Waals surface area (Å²) in [4.78, 5) is 13.3. The van der Waals surface area contributed by atoms with Gasteiger partial charge in [0.05, 0.1) is 9.82 Å². The van der Waals surface area contributed by atoms with Crippen LogP contribution in [-0.2, 0) is 20.0 Å². The Labute approximate surface area is 184 Å². The average molecular weight is 480 g/mol. The van der Waals surface area contributed by atoms with Crippen LogP contribution in [0.15, 0.2) is 58.5 Å². The van der Waals surface area contributed by atoms with Gasteiger partial charge in [-0.25, -0.2) is 22.0 Å². The number of rotatable bonds is 6. The lowest BCUT2D eigenvalue weighted by Crippen LogP contribution is -2.42. The quantitative estimate of drug-likeness (QED) is 0.359. The number of aromatic nitrogens is 1. The highest BCUT2D eigenvalue weighted by Crippen LogP contribution is 2.30. The summed E-state index contributed by atoms with van der Waals surface area (Å²) in [7, 11) is -7.78. The number of nitro groups is 1. The maximum Gasteiger partial charge on any atom is 0.293 e. The fraction of sp³-hybridized carbons (Fsp3) is 0.263. The van der Waals surface area contributed by atoms with E-state index >= 15 is 0 Å². The van der Waals surface area contributed by atoms with Crippen molar-refractivity contribution < 1.29 is 21.8 Å². The average Bonchev–Trinajstić information content (AvgIpc) is 3.19. The molecule has 11 nitrogen and oxygen atoms in total. The van der Waals surface area contributed by atoms with Crippen LogP contribution in [0.5, 0.6) is 0 Å².